The van der Waals surface area contributed by atoms with E-state index in [2.05, 4.69) is 6.58 Å². The number of amides is 2. The Morgan fingerprint density at radius 1 is 0.963 bits per heavy atom. The van der Waals surface area contributed by atoms with Gasteiger partial charge in [0.05, 0.1) is 29.5 Å². The first-order chi connectivity index (χ1) is 13.0. The van der Waals surface area contributed by atoms with Crippen molar-refractivity contribution in [1.82, 2.24) is 0 Å². The number of anilines is 1. The van der Waals surface area contributed by atoms with E-state index in [0.717, 1.165) is 10.3 Å². The highest BCUT2D eigenvalue weighted by Crippen LogP contribution is 2.38. The van der Waals surface area contributed by atoms with Crippen LogP contribution in [-0.2, 0) is 9.53 Å². The second kappa shape index (κ2) is 6.21. The van der Waals surface area contributed by atoms with Gasteiger partial charge < -0.3 is 4.74 Å². The summed E-state index contributed by atoms with van der Waals surface area (Å²) in [5, 5.41) is 1.41. The average Bonchev–Trinajstić information content (AvgIpc) is 2.95. The first kappa shape index (κ1) is 16.7. The molecule has 1 heterocycles. The van der Waals surface area contributed by atoms with E-state index in [1.807, 2.05) is 12.1 Å². The summed E-state index contributed by atoms with van der Waals surface area (Å²) in [6.45, 7) is 3.82. The molecule has 0 atom stereocenters. The van der Waals surface area contributed by atoms with Gasteiger partial charge in [-0.05, 0) is 29.0 Å². The van der Waals surface area contributed by atoms with Crippen LogP contribution in [0.2, 0.25) is 0 Å². The number of rotatable bonds is 3. The maximum atomic E-state index is 13.2. The Hall–Kier alpha value is -3.73. The predicted octanol–water partition coefficient (Wildman–Crippen LogP) is 3.83. The van der Waals surface area contributed by atoms with Crippen LogP contribution in [-0.4, -0.2) is 24.9 Å². The second-order valence-corrected chi connectivity index (χ2v) is 6.15. The summed E-state index contributed by atoms with van der Waals surface area (Å²) < 4.78 is 4.80. The number of ether oxygens (including phenoxy) is 1. The van der Waals surface area contributed by atoms with Gasteiger partial charge in [-0.3, -0.25) is 9.59 Å². The van der Waals surface area contributed by atoms with Gasteiger partial charge in [-0.1, -0.05) is 49.0 Å². The third kappa shape index (κ3) is 2.44. The second-order valence-electron chi connectivity index (χ2n) is 6.15. The van der Waals surface area contributed by atoms with Crippen LogP contribution in [0.15, 0.2) is 67.2 Å². The lowest BCUT2D eigenvalue weighted by molar-refractivity contribution is -0.133. The summed E-state index contributed by atoms with van der Waals surface area (Å²) in [7, 11) is 1.25. The molecule has 3 aromatic rings. The molecule has 5 nitrogen and oxygen atoms in total. The Morgan fingerprint density at radius 2 is 1.63 bits per heavy atom. The number of hydrogen-bond acceptors (Lipinski definition) is 4. The summed E-state index contributed by atoms with van der Waals surface area (Å²) in [5.74, 6) is -1.55. The monoisotopic (exact) mass is 357 g/mol. The Balaban J connectivity index is 2.02. The fraction of sp³-hybridized carbons (Fsp3) is 0.0455. The molecule has 0 radical (unpaired) electrons. The molecule has 27 heavy (non-hydrogen) atoms. The third-order valence-corrected chi connectivity index (χ3v) is 4.65. The average molecular weight is 357 g/mol. The number of nitrogens with zero attached hydrogens (tertiary/aromatic N) is 1. The molecule has 0 bridgehead atoms. The zero-order chi connectivity index (χ0) is 19.1. The van der Waals surface area contributed by atoms with Crippen LogP contribution in [0.5, 0.6) is 0 Å². The molecule has 1 aliphatic rings. The Kier molecular flexibility index (Phi) is 3.85. The number of imide groups is 1. The van der Waals surface area contributed by atoms with E-state index in [4.69, 9.17) is 4.74 Å². The van der Waals surface area contributed by atoms with Crippen LogP contribution in [0.25, 0.3) is 16.3 Å². The molecule has 0 unspecified atom stereocenters. The number of carbonyl (C=O) groups is 3. The molecular weight excluding hydrogens is 342 g/mol. The van der Waals surface area contributed by atoms with E-state index in [-0.39, 0.29) is 16.7 Å². The Bertz CT molecular complexity index is 1130. The van der Waals surface area contributed by atoms with Gasteiger partial charge in [0.1, 0.15) is 0 Å². The minimum atomic E-state index is -0.646. The van der Waals surface area contributed by atoms with Crippen molar-refractivity contribution in [2.45, 2.75) is 0 Å². The first-order valence-electron chi connectivity index (χ1n) is 8.31. The minimum Gasteiger partial charge on any atom is -0.465 e. The highest BCUT2D eigenvalue weighted by atomic mass is 16.5. The van der Waals surface area contributed by atoms with E-state index < -0.39 is 17.8 Å². The molecule has 0 saturated carbocycles. The molecule has 0 aliphatic carbocycles. The van der Waals surface area contributed by atoms with E-state index in [9.17, 15) is 14.4 Å². The molecular formula is C22H15NO4. The lowest BCUT2D eigenvalue weighted by atomic mass is 9.91. The van der Waals surface area contributed by atoms with Gasteiger partial charge in [-0.25, -0.2) is 9.69 Å². The smallest absolute Gasteiger partial charge is 0.337 e. The van der Waals surface area contributed by atoms with Crippen molar-refractivity contribution in [1.29, 1.82) is 0 Å². The summed E-state index contributed by atoms with van der Waals surface area (Å²) in [5.41, 5.74) is 1.29. The molecule has 0 spiro atoms. The summed E-state index contributed by atoms with van der Waals surface area (Å²) in [4.78, 5) is 39.5. The van der Waals surface area contributed by atoms with Crippen molar-refractivity contribution in [2.75, 3.05) is 12.0 Å². The topological polar surface area (TPSA) is 63.7 Å². The van der Waals surface area contributed by atoms with Gasteiger partial charge in [0.25, 0.3) is 11.8 Å². The van der Waals surface area contributed by atoms with Crippen LogP contribution in [0, 0.1) is 0 Å². The normalized spacial score (nSPS) is 13.0. The van der Waals surface area contributed by atoms with Gasteiger partial charge in [0.2, 0.25) is 0 Å². The zero-order valence-corrected chi connectivity index (χ0v) is 14.6. The highest BCUT2D eigenvalue weighted by Gasteiger charge is 2.40. The van der Waals surface area contributed by atoms with E-state index >= 15 is 0 Å². The quantitative estimate of drug-likeness (QED) is 0.406. The summed E-state index contributed by atoms with van der Waals surface area (Å²) in [6.07, 6.45) is 0. The van der Waals surface area contributed by atoms with E-state index in [0.29, 0.717) is 16.6 Å². The standard InChI is InChI=1S/C22H15NO4/c1-13(22(26)27-2)18-16-11-7-6-8-14(16)12-17-19(18)21(25)23(20(17)24)15-9-4-3-5-10-15/h3-12H,1H2,2H3. The maximum absolute atomic E-state index is 13.2. The Morgan fingerprint density at radius 3 is 2.33 bits per heavy atom. The van der Waals surface area contributed by atoms with Crippen molar-refractivity contribution in [3.05, 3.63) is 83.9 Å². The molecule has 5 heteroatoms. The lowest BCUT2D eigenvalue weighted by Crippen LogP contribution is -2.29. The molecule has 3 aromatic carbocycles. The summed E-state index contributed by atoms with van der Waals surface area (Å²) >= 11 is 0. The van der Waals surface area contributed by atoms with E-state index in [1.54, 1.807) is 48.5 Å². The van der Waals surface area contributed by atoms with Crippen LogP contribution >= 0.6 is 0 Å². The minimum absolute atomic E-state index is 0.0432. The Labute approximate surface area is 155 Å². The lowest BCUT2D eigenvalue weighted by Gasteiger charge is -2.14. The van der Waals surface area contributed by atoms with Crippen molar-refractivity contribution in [2.24, 2.45) is 0 Å². The van der Waals surface area contributed by atoms with Crippen molar-refractivity contribution in [3.63, 3.8) is 0 Å². The molecule has 4 rings (SSSR count). The van der Waals surface area contributed by atoms with Crippen LogP contribution in [0.4, 0.5) is 5.69 Å². The largest absolute Gasteiger partial charge is 0.465 e. The SMILES string of the molecule is C=C(C(=O)OC)c1c2c(cc3ccccc13)C(=O)N(c1ccccc1)C2=O. The molecule has 0 saturated heterocycles. The number of benzene rings is 3. The van der Waals surface area contributed by atoms with Crippen molar-refractivity contribution >= 4 is 39.8 Å². The van der Waals surface area contributed by atoms with Gasteiger partial charge in [0.15, 0.2) is 0 Å². The molecule has 0 fully saturated rings. The molecule has 0 N–H and O–H groups in total. The van der Waals surface area contributed by atoms with Gasteiger partial charge in [0, 0.05) is 5.56 Å². The third-order valence-electron chi connectivity index (χ3n) is 4.65. The van der Waals surface area contributed by atoms with Crippen LogP contribution in [0.3, 0.4) is 0 Å². The number of para-hydroxylation sites is 1. The maximum Gasteiger partial charge on any atom is 0.337 e. The predicted molar refractivity (Wildman–Crippen MR) is 103 cm³/mol. The van der Waals surface area contributed by atoms with Crippen LogP contribution < -0.4 is 4.90 Å². The zero-order valence-electron chi connectivity index (χ0n) is 14.6. The molecule has 0 aromatic heterocycles. The van der Waals surface area contributed by atoms with E-state index in [1.165, 1.54) is 7.11 Å². The number of methoxy groups -OCH3 is 1. The van der Waals surface area contributed by atoms with Gasteiger partial charge >= 0.3 is 5.97 Å². The number of hydrogen-bond donors (Lipinski definition) is 0. The highest BCUT2D eigenvalue weighted by molar-refractivity contribution is 6.38. The molecule has 1 aliphatic heterocycles. The van der Waals surface area contributed by atoms with Crippen molar-refractivity contribution < 1.29 is 19.1 Å². The van der Waals surface area contributed by atoms with Crippen LogP contribution in [0.1, 0.15) is 26.3 Å². The molecule has 2 amide bonds. The van der Waals surface area contributed by atoms with Gasteiger partial charge in [-0.2, -0.15) is 0 Å². The first-order valence-corrected chi connectivity index (χ1v) is 8.31. The fourth-order valence-corrected chi connectivity index (χ4v) is 3.41. The summed E-state index contributed by atoms with van der Waals surface area (Å²) in [6, 6.07) is 17.6. The molecule has 132 valence electrons. The number of carbonyl (C=O) groups excluding carboxylic acids is 3. The fourth-order valence-electron chi connectivity index (χ4n) is 3.41. The number of esters is 1. The number of fused-ring (bicyclic) bond motifs is 2. The van der Waals surface area contributed by atoms with Gasteiger partial charge in [-0.15, -0.1) is 0 Å². The van der Waals surface area contributed by atoms with Crippen molar-refractivity contribution in [3.8, 4) is 0 Å².